The number of carboxylic acid groups (broad SMARTS) is 1. The van der Waals surface area contributed by atoms with Crippen molar-refractivity contribution < 1.29 is 18.3 Å². The first-order valence-corrected chi connectivity index (χ1v) is 11.7. The van der Waals surface area contributed by atoms with Crippen molar-refractivity contribution in [2.75, 3.05) is 16.2 Å². The van der Waals surface area contributed by atoms with Crippen LogP contribution in [0.15, 0.2) is 59.6 Å². The number of carbonyl (C=O) groups is 1. The molecule has 32 heavy (non-hydrogen) atoms. The summed E-state index contributed by atoms with van der Waals surface area (Å²) in [6.07, 6.45) is 1.35. The van der Waals surface area contributed by atoms with Gasteiger partial charge in [-0.05, 0) is 62.1 Å². The number of rotatable bonds is 8. The molecule has 0 unspecified atom stereocenters. The normalized spacial score (nSPS) is 11.2. The van der Waals surface area contributed by atoms with Gasteiger partial charge in [-0.15, -0.1) is 0 Å². The molecule has 0 aliphatic carbocycles. The molecule has 0 fully saturated rings. The van der Waals surface area contributed by atoms with Crippen molar-refractivity contribution in [2.24, 2.45) is 0 Å². The molecule has 0 aliphatic rings. The number of nitrogens with one attached hydrogen (secondary N) is 1. The summed E-state index contributed by atoms with van der Waals surface area (Å²) in [7, 11) is -3.91. The average molecular weight is 454 g/mol. The molecule has 0 bridgehead atoms. The van der Waals surface area contributed by atoms with Crippen LogP contribution in [0.3, 0.4) is 0 Å². The number of anilines is 2. The molecule has 0 spiro atoms. The Labute approximate surface area is 188 Å². The first kappa shape index (κ1) is 23.3. The highest BCUT2D eigenvalue weighted by molar-refractivity contribution is 7.92. The molecule has 0 amide bonds. The lowest BCUT2D eigenvalue weighted by atomic mass is 10.1. The SMILES string of the molecule is CCN(Cc1ccccc1)c1ncc(NS(=O)(=O)c2cc(C)c(C)cc2C)cc1C(=O)O. The minimum Gasteiger partial charge on any atom is -0.478 e. The van der Waals surface area contributed by atoms with E-state index in [1.54, 1.807) is 13.0 Å². The Kier molecular flexibility index (Phi) is 6.84. The van der Waals surface area contributed by atoms with Crippen LogP contribution in [-0.2, 0) is 16.6 Å². The van der Waals surface area contributed by atoms with Gasteiger partial charge in [-0.25, -0.2) is 18.2 Å². The third-order valence-corrected chi connectivity index (χ3v) is 6.85. The van der Waals surface area contributed by atoms with Crippen LogP contribution in [0.4, 0.5) is 11.5 Å². The number of aromatic nitrogens is 1. The maximum absolute atomic E-state index is 13.0. The minimum atomic E-state index is -3.91. The molecular formula is C24H27N3O4S. The van der Waals surface area contributed by atoms with E-state index in [1.165, 1.54) is 12.3 Å². The standard InChI is InChI=1S/C24H27N3O4S/c1-5-27(15-19-9-7-6-8-10-19)23-21(24(28)29)13-20(14-25-23)26-32(30,31)22-12-17(3)16(2)11-18(22)4/h6-14,26H,5,15H2,1-4H3,(H,28,29). The number of pyridine rings is 1. The smallest absolute Gasteiger partial charge is 0.339 e. The predicted octanol–water partition coefficient (Wildman–Crippen LogP) is 4.53. The lowest BCUT2D eigenvalue weighted by Gasteiger charge is -2.24. The third kappa shape index (κ3) is 5.08. The first-order valence-electron chi connectivity index (χ1n) is 10.2. The zero-order valence-corrected chi connectivity index (χ0v) is 19.4. The van der Waals surface area contributed by atoms with E-state index >= 15 is 0 Å². The second kappa shape index (κ2) is 9.40. The summed E-state index contributed by atoms with van der Waals surface area (Å²) in [6.45, 7) is 8.43. The van der Waals surface area contributed by atoms with Gasteiger partial charge in [0.15, 0.2) is 0 Å². The van der Waals surface area contributed by atoms with Gasteiger partial charge in [-0.2, -0.15) is 0 Å². The zero-order valence-electron chi connectivity index (χ0n) is 18.6. The van der Waals surface area contributed by atoms with E-state index in [0.29, 0.717) is 18.7 Å². The summed E-state index contributed by atoms with van der Waals surface area (Å²) in [5.74, 6) is -0.892. The topological polar surface area (TPSA) is 99.6 Å². The van der Waals surface area contributed by atoms with Crippen LogP contribution in [-0.4, -0.2) is 31.0 Å². The van der Waals surface area contributed by atoms with E-state index in [4.69, 9.17) is 0 Å². The van der Waals surface area contributed by atoms with Gasteiger partial charge in [0.25, 0.3) is 10.0 Å². The van der Waals surface area contributed by atoms with Crippen LogP contribution in [0, 0.1) is 20.8 Å². The van der Waals surface area contributed by atoms with Crippen molar-refractivity contribution >= 4 is 27.5 Å². The molecule has 1 heterocycles. The van der Waals surface area contributed by atoms with Crippen molar-refractivity contribution in [3.63, 3.8) is 0 Å². The van der Waals surface area contributed by atoms with Gasteiger partial charge in [0.1, 0.15) is 11.4 Å². The van der Waals surface area contributed by atoms with E-state index in [2.05, 4.69) is 9.71 Å². The van der Waals surface area contributed by atoms with Gasteiger partial charge < -0.3 is 10.0 Å². The Bertz CT molecular complexity index is 1240. The van der Waals surface area contributed by atoms with Crippen molar-refractivity contribution in [1.82, 2.24) is 4.98 Å². The average Bonchev–Trinajstić information content (AvgIpc) is 2.75. The largest absolute Gasteiger partial charge is 0.478 e. The number of aromatic carboxylic acids is 1. The van der Waals surface area contributed by atoms with Gasteiger partial charge in [0.05, 0.1) is 16.8 Å². The van der Waals surface area contributed by atoms with E-state index in [-0.39, 0.29) is 22.0 Å². The predicted molar refractivity (Wildman–Crippen MR) is 126 cm³/mol. The summed E-state index contributed by atoms with van der Waals surface area (Å²) in [5, 5.41) is 9.78. The zero-order chi connectivity index (χ0) is 23.5. The van der Waals surface area contributed by atoms with Crippen LogP contribution < -0.4 is 9.62 Å². The van der Waals surface area contributed by atoms with Gasteiger partial charge in [0, 0.05) is 13.1 Å². The highest BCUT2D eigenvalue weighted by Crippen LogP contribution is 2.26. The molecule has 3 aromatic rings. The quantitative estimate of drug-likeness (QED) is 0.520. The lowest BCUT2D eigenvalue weighted by Crippen LogP contribution is -2.25. The summed E-state index contributed by atoms with van der Waals surface area (Å²) < 4.78 is 28.5. The molecule has 0 saturated carbocycles. The minimum absolute atomic E-state index is 0.0696. The maximum Gasteiger partial charge on any atom is 0.339 e. The molecule has 2 N–H and O–H groups in total. The van der Waals surface area contributed by atoms with Crippen LogP contribution >= 0.6 is 0 Å². The number of benzene rings is 2. The van der Waals surface area contributed by atoms with Crippen LogP contribution in [0.5, 0.6) is 0 Å². The van der Waals surface area contributed by atoms with Crippen molar-refractivity contribution in [3.05, 3.63) is 82.5 Å². The fourth-order valence-corrected chi connectivity index (χ4v) is 4.84. The fraction of sp³-hybridized carbons (Fsp3) is 0.250. The third-order valence-electron chi connectivity index (χ3n) is 5.33. The monoisotopic (exact) mass is 453 g/mol. The van der Waals surface area contributed by atoms with E-state index < -0.39 is 16.0 Å². The molecule has 0 saturated heterocycles. The van der Waals surface area contributed by atoms with E-state index in [0.717, 1.165) is 16.7 Å². The number of carboxylic acids is 1. The first-order chi connectivity index (χ1) is 15.1. The number of nitrogens with zero attached hydrogens (tertiary/aromatic N) is 2. The number of hydrogen-bond acceptors (Lipinski definition) is 5. The van der Waals surface area contributed by atoms with Crippen molar-refractivity contribution in [2.45, 2.75) is 39.1 Å². The Morgan fingerprint density at radius 3 is 2.31 bits per heavy atom. The van der Waals surface area contributed by atoms with E-state index in [9.17, 15) is 18.3 Å². The molecule has 8 heteroatoms. The fourth-order valence-electron chi connectivity index (χ4n) is 3.50. The highest BCUT2D eigenvalue weighted by atomic mass is 32.2. The number of aryl methyl sites for hydroxylation is 3. The van der Waals surface area contributed by atoms with Gasteiger partial charge >= 0.3 is 5.97 Å². The molecule has 0 radical (unpaired) electrons. The molecule has 7 nitrogen and oxygen atoms in total. The second-order valence-corrected chi connectivity index (χ2v) is 9.36. The van der Waals surface area contributed by atoms with Gasteiger partial charge in [-0.3, -0.25) is 4.72 Å². The Balaban J connectivity index is 1.95. The Morgan fingerprint density at radius 1 is 1.03 bits per heavy atom. The summed E-state index contributed by atoms with van der Waals surface area (Å²) in [6, 6.07) is 14.4. The van der Waals surface area contributed by atoms with Crippen molar-refractivity contribution in [1.29, 1.82) is 0 Å². The molecule has 2 aromatic carbocycles. The lowest BCUT2D eigenvalue weighted by molar-refractivity contribution is 0.0697. The molecule has 168 valence electrons. The molecule has 1 aromatic heterocycles. The number of sulfonamides is 1. The van der Waals surface area contributed by atoms with E-state index in [1.807, 2.05) is 62.1 Å². The van der Waals surface area contributed by atoms with Gasteiger partial charge in [0.2, 0.25) is 0 Å². The second-order valence-electron chi connectivity index (χ2n) is 7.71. The van der Waals surface area contributed by atoms with Gasteiger partial charge in [-0.1, -0.05) is 36.4 Å². The molecule has 3 rings (SSSR count). The molecule has 0 atom stereocenters. The highest BCUT2D eigenvalue weighted by Gasteiger charge is 2.22. The van der Waals surface area contributed by atoms with Crippen molar-refractivity contribution in [3.8, 4) is 0 Å². The van der Waals surface area contributed by atoms with Crippen LogP contribution in [0.2, 0.25) is 0 Å². The summed E-state index contributed by atoms with van der Waals surface area (Å²) in [4.78, 5) is 18.3. The Morgan fingerprint density at radius 2 is 1.69 bits per heavy atom. The van der Waals surface area contributed by atoms with Crippen LogP contribution in [0.1, 0.15) is 39.5 Å². The maximum atomic E-state index is 13.0. The van der Waals surface area contributed by atoms with Crippen LogP contribution in [0.25, 0.3) is 0 Å². The summed E-state index contributed by atoms with van der Waals surface area (Å²) >= 11 is 0. The number of hydrogen-bond donors (Lipinski definition) is 2. The molecular weight excluding hydrogens is 426 g/mol. The molecule has 0 aliphatic heterocycles. The summed E-state index contributed by atoms with van der Waals surface area (Å²) in [5.41, 5.74) is 3.51. The Hall–Kier alpha value is -3.39.